The standard InChI is InChI=1S/C30H34N2O8/c1-3-18(13-19-7-4-5-10-25(19)34)11-12-26(35)27-20(17-40-2)14-23-28(24(27)16-33)30(37)31(29(23)36)21-8-6-9-22(15-21)32(38)39/h4-10,13,15,23-24,26,28,33-35H,3,11-12,14,16-17H2,1-2H3/b18-13+/t23-,24+,26-,28-/m1/s1. The molecule has 1 fully saturated rings. The van der Waals surface area contributed by atoms with Gasteiger partial charge in [-0.3, -0.25) is 19.7 Å². The van der Waals surface area contributed by atoms with Crippen LogP contribution in [0.25, 0.3) is 6.08 Å². The normalized spacial score (nSPS) is 22.1. The fraction of sp³-hybridized carbons (Fsp3) is 0.400. The second-order valence-electron chi connectivity index (χ2n) is 10.2. The number of allylic oxidation sites excluding steroid dienone is 1. The number of fused-ring (bicyclic) bond motifs is 1. The average Bonchev–Trinajstić information content (AvgIpc) is 3.20. The molecule has 2 aromatic rings. The molecule has 4 rings (SSSR count). The molecule has 3 N–H and O–H groups in total. The number of ether oxygens (including phenoxy) is 1. The Kier molecular flexibility index (Phi) is 9.14. The highest BCUT2D eigenvalue weighted by Crippen LogP contribution is 2.47. The topological polar surface area (TPSA) is 150 Å². The summed E-state index contributed by atoms with van der Waals surface area (Å²) in [5, 5.41) is 43.3. The fourth-order valence-electron chi connectivity index (χ4n) is 5.92. The Morgan fingerprint density at radius 1 is 1.20 bits per heavy atom. The molecule has 4 atom stereocenters. The molecule has 10 heteroatoms. The molecule has 0 unspecified atom stereocenters. The number of aromatic hydroxyl groups is 1. The first kappa shape index (κ1) is 29.1. The Morgan fingerprint density at radius 2 is 1.95 bits per heavy atom. The lowest BCUT2D eigenvalue weighted by Gasteiger charge is -2.36. The highest BCUT2D eigenvalue weighted by Gasteiger charge is 2.55. The number of carbonyl (C=O) groups excluding carboxylic acids is 2. The molecule has 0 radical (unpaired) electrons. The molecule has 40 heavy (non-hydrogen) atoms. The van der Waals surface area contributed by atoms with E-state index in [0.29, 0.717) is 36.0 Å². The third-order valence-electron chi connectivity index (χ3n) is 7.85. The predicted molar refractivity (Wildman–Crippen MR) is 148 cm³/mol. The maximum atomic E-state index is 13.6. The number of carbonyl (C=O) groups is 2. The lowest BCUT2D eigenvalue weighted by Crippen LogP contribution is -2.39. The van der Waals surface area contributed by atoms with Crippen molar-refractivity contribution in [2.24, 2.45) is 17.8 Å². The summed E-state index contributed by atoms with van der Waals surface area (Å²) in [5.41, 5.74) is 2.72. The van der Waals surface area contributed by atoms with E-state index < -0.39 is 47.2 Å². The number of rotatable bonds is 11. The van der Waals surface area contributed by atoms with E-state index in [9.17, 15) is 35.0 Å². The fourth-order valence-corrected chi connectivity index (χ4v) is 5.92. The Morgan fingerprint density at radius 3 is 2.60 bits per heavy atom. The largest absolute Gasteiger partial charge is 0.507 e. The van der Waals surface area contributed by atoms with Crippen molar-refractivity contribution in [2.45, 2.75) is 38.7 Å². The number of nitro benzene ring substituents is 1. The molecule has 1 aliphatic carbocycles. The highest BCUT2D eigenvalue weighted by atomic mass is 16.6. The van der Waals surface area contributed by atoms with Crippen LogP contribution in [0.1, 0.15) is 38.2 Å². The van der Waals surface area contributed by atoms with E-state index >= 15 is 0 Å². The molecule has 0 bridgehead atoms. The number of hydrogen-bond donors (Lipinski definition) is 3. The van der Waals surface area contributed by atoms with Gasteiger partial charge < -0.3 is 20.1 Å². The highest BCUT2D eigenvalue weighted by molar-refractivity contribution is 6.22. The van der Waals surface area contributed by atoms with Crippen LogP contribution in [0.2, 0.25) is 0 Å². The number of aliphatic hydroxyl groups is 2. The van der Waals surface area contributed by atoms with Gasteiger partial charge in [0.25, 0.3) is 5.69 Å². The van der Waals surface area contributed by atoms with E-state index in [-0.39, 0.29) is 30.2 Å². The molecule has 0 spiro atoms. The van der Waals surface area contributed by atoms with Crippen molar-refractivity contribution in [1.29, 1.82) is 0 Å². The zero-order valence-corrected chi connectivity index (χ0v) is 22.5. The summed E-state index contributed by atoms with van der Waals surface area (Å²) in [6.45, 7) is 1.65. The van der Waals surface area contributed by atoms with Gasteiger partial charge in [0.1, 0.15) is 5.75 Å². The summed E-state index contributed by atoms with van der Waals surface area (Å²) in [4.78, 5) is 38.8. The van der Waals surface area contributed by atoms with Crippen molar-refractivity contribution in [3.63, 3.8) is 0 Å². The molecule has 212 valence electrons. The van der Waals surface area contributed by atoms with E-state index in [1.54, 1.807) is 18.2 Å². The molecule has 0 aromatic heterocycles. The number of nitrogens with zero attached hydrogens (tertiary/aromatic N) is 2. The lowest BCUT2D eigenvalue weighted by atomic mass is 9.68. The average molecular weight is 551 g/mol. The number of hydrogen-bond acceptors (Lipinski definition) is 8. The zero-order valence-electron chi connectivity index (χ0n) is 22.5. The van der Waals surface area contributed by atoms with E-state index in [0.717, 1.165) is 10.5 Å². The van der Waals surface area contributed by atoms with Gasteiger partial charge in [-0.1, -0.05) is 42.8 Å². The Hall–Kier alpha value is -3.86. The van der Waals surface area contributed by atoms with Crippen LogP contribution in [0.15, 0.2) is 65.3 Å². The van der Waals surface area contributed by atoms with Crippen molar-refractivity contribution in [2.75, 3.05) is 25.2 Å². The van der Waals surface area contributed by atoms with Crippen LogP contribution in [0, 0.1) is 27.9 Å². The van der Waals surface area contributed by atoms with Gasteiger partial charge in [0, 0.05) is 30.7 Å². The Balaban J connectivity index is 1.62. The lowest BCUT2D eigenvalue weighted by molar-refractivity contribution is -0.384. The van der Waals surface area contributed by atoms with Crippen LogP contribution in [0.5, 0.6) is 5.75 Å². The first-order chi connectivity index (χ1) is 19.2. The second kappa shape index (κ2) is 12.5. The van der Waals surface area contributed by atoms with Gasteiger partial charge in [0.05, 0.1) is 41.8 Å². The van der Waals surface area contributed by atoms with Crippen LogP contribution < -0.4 is 4.90 Å². The van der Waals surface area contributed by atoms with Crippen LogP contribution in [-0.2, 0) is 14.3 Å². The van der Waals surface area contributed by atoms with Gasteiger partial charge in [-0.2, -0.15) is 0 Å². The summed E-state index contributed by atoms with van der Waals surface area (Å²) in [5.74, 6) is -3.39. The molecule has 2 aromatic carbocycles. The summed E-state index contributed by atoms with van der Waals surface area (Å²) >= 11 is 0. The first-order valence-corrected chi connectivity index (χ1v) is 13.3. The van der Waals surface area contributed by atoms with Crippen LogP contribution >= 0.6 is 0 Å². The predicted octanol–water partition coefficient (Wildman–Crippen LogP) is 4.00. The zero-order chi connectivity index (χ0) is 29.0. The number of imide groups is 1. The summed E-state index contributed by atoms with van der Waals surface area (Å²) < 4.78 is 5.38. The van der Waals surface area contributed by atoms with E-state index in [1.165, 1.54) is 31.4 Å². The minimum Gasteiger partial charge on any atom is -0.507 e. The molecule has 1 aliphatic heterocycles. The van der Waals surface area contributed by atoms with Gasteiger partial charge in [0.15, 0.2) is 0 Å². The number of phenols is 1. The molecule has 2 aliphatic rings. The number of para-hydroxylation sites is 1. The van der Waals surface area contributed by atoms with Crippen molar-refractivity contribution in [1.82, 2.24) is 0 Å². The first-order valence-electron chi connectivity index (χ1n) is 13.3. The molecule has 2 amide bonds. The molecule has 1 saturated heterocycles. The van der Waals surface area contributed by atoms with Crippen molar-refractivity contribution in [3.05, 3.63) is 80.9 Å². The number of phenolic OH excluding ortho intramolecular Hbond substituents is 1. The molecular weight excluding hydrogens is 516 g/mol. The third-order valence-corrected chi connectivity index (χ3v) is 7.85. The quantitative estimate of drug-likeness (QED) is 0.164. The third kappa shape index (κ3) is 5.70. The van der Waals surface area contributed by atoms with E-state index in [4.69, 9.17) is 4.74 Å². The maximum absolute atomic E-state index is 13.6. The van der Waals surface area contributed by atoms with Gasteiger partial charge in [0.2, 0.25) is 11.8 Å². The van der Waals surface area contributed by atoms with E-state index in [1.807, 2.05) is 19.1 Å². The number of aliphatic hydroxyl groups excluding tert-OH is 2. The number of non-ortho nitro benzene ring substituents is 1. The number of nitro groups is 1. The van der Waals surface area contributed by atoms with Crippen molar-refractivity contribution in [3.8, 4) is 5.75 Å². The minimum absolute atomic E-state index is 0.104. The minimum atomic E-state index is -1.00. The van der Waals surface area contributed by atoms with Gasteiger partial charge >= 0.3 is 0 Å². The number of methoxy groups -OCH3 is 1. The second-order valence-corrected chi connectivity index (χ2v) is 10.2. The Bertz CT molecular complexity index is 1350. The SMILES string of the molecule is CC/C(=C\c1ccccc1O)CC[C@@H](O)C1=C(COC)C[C@H]2C(=O)N(c3cccc([N+](=O)[O-])c3)C(=O)[C@H]2[C@H]1CO. The Labute approximate surface area is 232 Å². The monoisotopic (exact) mass is 550 g/mol. The number of amides is 2. The number of anilines is 1. The summed E-state index contributed by atoms with van der Waals surface area (Å²) in [7, 11) is 1.50. The van der Waals surface area contributed by atoms with Gasteiger partial charge in [-0.05, 0) is 49.0 Å². The van der Waals surface area contributed by atoms with Crippen LogP contribution in [-0.4, -0.2) is 58.5 Å². The molecular formula is C30H34N2O8. The molecule has 0 saturated carbocycles. The summed E-state index contributed by atoms with van der Waals surface area (Å²) in [6, 6.07) is 12.3. The number of benzene rings is 2. The van der Waals surface area contributed by atoms with Crippen molar-refractivity contribution >= 4 is 29.3 Å². The smallest absolute Gasteiger partial charge is 0.271 e. The van der Waals surface area contributed by atoms with E-state index in [2.05, 4.69) is 0 Å². The summed E-state index contributed by atoms with van der Waals surface area (Å²) in [6.07, 6.45) is 2.58. The van der Waals surface area contributed by atoms with Gasteiger partial charge in [-0.15, -0.1) is 0 Å². The van der Waals surface area contributed by atoms with Crippen LogP contribution in [0.3, 0.4) is 0 Å². The molecule has 10 nitrogen and oxygen atoms in total. The molecule has 1 heterocycles. The van der Waals surface area contributed by atoms with Gasteiger partial charge in [-0.25, -0.2) is 4.90 Å². The maximum Gasteiger partial charge on any atom is 0.271 e. The van der Waals surface area contributed by atoms with Crippen molar-refractivity contribution < 1.29 is 34.6 Å². The van der Waals surface area contributed by atoms with Crippen LogP contribution in [0.4, 0.5) is 11.4 Å².